The molecular weight excluding hydrogens is 444 g/mol. The van der Waals surface area contributed by atoms with E-state index in [2.05, 4.69) is 91.9 Å². The summed E-state index contributed by atoms with van der Waals surface area (Å²) in [5.41, 5.74) is 6.37. The van der Waals surface area contributed by atoms with Crippen molar-refractivity contribution >= 4 is 54.5 Å². The van der Waals surface area contributed by atoms with Gasteiger partial charge in [0, 0.05) is 51.2 Å². The van der Waals surface area contributed by atoms with Crippen molar-refractivity contribution in [3.63, 3.8) is 0 Å². The van der Waals surface area contributed by atoms with E-state index >= 15 is 0 Å². The number of fused-ring (bicyclic) bond motifs is 10. The van der Waals surface area contributed by atoms with Crippen LogP contribution in [0.4, 0.5) is 0 Å². The molecule has 0 radical (unpaired) electrons. The van der Waals surface area contributed by atoms with E-state index in [0.717, 1.165) is 66.0 Å². The van der Waals surface area contributed by atoms with Crippen LogP contribution in [-0.4, -0.2) is 29.1 Å². The van der Waals surface area contributed by atoms with Crippen LogP contribution in [0.2, 0.25) is 0 Å². The second kappa shape index (κ2) is 7.20. The van der Waals surface area contributed by atoms with Gasteiger partial charge in [0.15, 0.2) is 5.82 Å². The summed E-state index contributed by atoms with van der Waals surface area (Å²) in [6.07, 6.45) is 8.84. The predicted octanol–water partition coefficient (Wildman–Crippen LogP) is 6.61. The SMILES string of the molecule is c1ccc(-n2c3ccccc3c3c4cncnc4c4c5ccccc5n(-c5cnccn5)c4c32)cc1. The van der Waals surface area contributed by atoms with Crippen LogP contribution >= 0.6 is 0 Å². The largest absolute Gasteiger partial charge is 0.307 e. The highest BCUT2D eigenvalue weighted by Gasteiger charge is 2.25. The Morgan fingerprint density at radius 3 is 2.00 bits per heavy atom. The van der Waals surface area contributed by atoms with Gasteiger partial charge in [0.05, 0.1) is 33.8 Å². The van der Waals surface area contributed by atoms with E-state index in [4.69, 9.17) is 9.97 Å². The molecule has 4 heterocycles. The van der Waals surface area contributed by atoms with Crippen molar-refractivity contribution in [2.45, 2.75) is 0 Å². The van der Waals surface area contributed by atoms with E-state index in [1.807, 2.05) is 18.5 Å². The van der Waals surface area contributed by atoms with Gasteiger partial charge in [0.2, 0.25) is 0 Å². The molecule has 8 aromatic rings. The number of aromatic nitrogens is 6. The summed E-state index contributed by atoms with van der Waals surface area (Å²) in [7, 11) is 0. The van der Waals surface area contributed by atoms with Crippen LogP contribution in [0.1, 0.15) is 0 Å². The minimum absolute atomic E-state index is 0.767. The van der Waals surface area contributed by atoms with Gasteiger partial charge in [-0.05, 0) is 24.3 Å². The van der Waals surface area contributed by atoms with Crippen LogP contribution in [0.3, 0.4) is 0 Å². The maximum atomic E-state index is 4.84. The summed E-state index contributed by atoms with van der Waals surface area (Å²) in [4.78, 5) is 18.4. The highest BCUT2D eigenvalue weighted by molar-refractivity contribution is 6.35. The Kier molecular flexibility index (Phi) is 3.85. The molecule has 0 spiro atoms. The smallest absolute Gasteiger partial charge is 0.156 e. The van der Waals surface area contributed by atoms with Gasteiger partial charge in [0.1, 0.15) is 6.33 Å². The van der Waals surface area contributed by atoms with Crippen LogP contribution in [0.15, 0.2) is 110 Å². The highest BCUT2D eigenvalue weighted by Crippen LogP contribution is 2.45. The van der Waals surface area contributed by atoms with Gasteiger partial charge in [0.25, 0.3) is 0 Å². The molecule has 0 saturated carbocycles. The van der Waals surface area contributed by atoms with Crippen molar-refractivity contribution < 1.29 is 0 Å². The number of nitrogens with zero attached hydrogens (tertiary/aromatic N) is 6. The highest BCUT2D eigenvalue weighted by atomic mass is 15.1. The number of hydrogen-bond acceptors (Lipinski definition) is 4. The van der Waals surface area contributed by atoms with E-state index < -0.39 is 0 Å². The molecule has 168 valence electrons. The molecule has 0 bridgehead atoms. The summed E-state index contributed by atoms with van der Waals surface area (Å²) < 4.78 is 4.57. The Bertz CT molecular complexity index is 1940. The average Bonchev–Trinajstić information content (AvgIpc) is 3.48. The lowest BCUT2D eigenvalue weighted by Gasteiger charge is -2.12. The first-order chi connectivity index (χ1) is 17.9. The van der Waals surface area contributed by atoms with Crippen molar-refractivity contribution in [3.05, 3.63) is 110 Å². The third kappa shape index (κ3) is 2.45. The standard InChI is InChI=1S/C30H18N6/c1-2-8-19(9-3-1)35-23-12-6-4-10-20(23)26-22-16-32-18-34-28(22)27-21-11-5-7-13-24(21)36(30(27)29(26)35)25-17-31-14-15-33-25/h1-18H. The molecule has 0 amide bonds. The Morgan fingerprint density at radius 1 is 0.528 bits per heavy atom. The summed E-state index contributed by atoms with van der Waals surface area (Å²) in [5, 5.41) is 5.53. The van der Waals surface area contributed by atoms with Crippen molar-refractivity contribution in [1.82, 2.24) is 29.1 Å². The molecule has 4 aromatic carbocycles. The van der Waals surface area contributed by atoms with Crippen molar-refractivity contribution in [1.29, 1.82) is 0 Å². The second-order valence-electron chi connectivity index (χ2n) is 8.84. The number of hydrogen-bond donors (Lipinski definition) is 0. The van der Waals surface area contributed by atoms with E-state index in [1.54, 1.807) is 18.7 Å². The summed E-state index contributed by atoms with van der Waals surface area (Å²) >= 11 is 0. The maximum Gasteiger partial charge on any atom is 0.156 e. The third-order valence-electron chi connectivity index (χ3n) is 6.99. The summed E-state index contributed by atoms with van der Waals surface area (Å²) in [6.45, 7) is 0. The van der Waals surface area contributed by atoms with E-state index in [-0.39, 0.29) is 0 Å². The molecule has 36 heavy (non-hydrogen) atoms. The zero-order chi connectivity index (χ0) is 23.6. The molecule has 0 aliphatic carbocycles. The molecule has 0 N–H and O–H groups in total. The number of benzene rings is 4. The van der Waals surface area contributed by atoms with Crippen molar-refractivity contribution in [2.24, 2.45) is 0 Å². The minimum Gasteiger partial charge on any atom is -0.307 e. The minimum atomic E-state index is 0.767. The maximum absolute atomic E-state index is 4.84. The summed E-state index contributed by atoms with van der Waals surface area (Å²) in [5.74, 6) is 0.767. The quantitative estimate of drug-likeness (QED) is 0.290. The Labute approximate surface area is 205 Å². The van der Waals surface area contributed by atoms with Crippen LogP contribution in [0, 0.1) is 0 Å². The molecule has 4 aromatic heterocycles. The first-order valence-electron chi connectivity index (χ1n) is 11.8. The first-order valence-corrected chi connectivity index (χ1v) is 11.8. The van der Waals surface area contributed by atoms with Gasteiger partial charge >= 0.3 is 0 Å². The Balaban J connectivity index is 1.79. The molecule has 6 nitrogen and oxygen atoms in total. The zero-order valence-corrected chi connectivity index (χ0v) is 19.1. The fraction of sp³-hybridized carbons (Fsp3) is 0. The van der Waals surface area contributed by atoms with Crippen molar-refractivity contribution in [2.75, 3.05) is 0 Å². The summed E-state index contributed by atoms with van der Waals surface area (Å²) in [6, 6.07) is 27.5. The Hall–Kier alpha value is -5.10. The lowest BCUT2D eigenvalue weighted by Crippen LogP contribution is -2.01. The van der Waals surface area contributed by atoms with Crippen LogP contribution in [0.5, 0.6) is 0 Å². The van der Waals surface area contributed by atoms with Gasteiger partial charge in [-0.25, -0.2) is 15.0 Å². The molecule has 0 saturated heterocycles. The molecule has 0 aliphatic heterocycles. The normalized spacial score (nSPS) is 11.9. The molecular formula is C30H18N6. The predicted molar refractivity (Wildman–Crippen MR) is 144 cm³/mol. The first kappa shape index (κ1) is 19.2. The molecule has 0 atom stereocenters. The van der Waals surface area contributed by atoms with Gasteiger partial charge in [-0.2, -0.15) is 0 Å². The molecule has 6 heteroatoms. The molecule has 8 rings (SSSR count). The lowest BCUT2D eigenvalue weighted by molar-refractivity contribution is 1.04. The molecule has 0 fully saturated rings. The van der Waals surface area contributed by atoms with E-state index in [1.165, 1.54) is 0 Å². The molecule has 0 unspecified atom stereocenters. The van der Waals surface area contributed by atoms with Crippen LogP contribution in [0.25, 0.3) is 66.0 Å². The van der Waals surface area contributed by atoms with Gasteiger partial charge in [-0.1, -0.05) is 54.6 Å². The number of rotatable bonds is 2. The van der Waals surface area contributed by atoms with E-state index in [0.29, 0.717) is 0 Å². The zero-order valence-electron chi connectivity index (χ0n) is 19.1. The fourth-order valence-corrected chi connectivity index (χ4v) is 5.64. The van der Waals surface area contributed by atoms with Gasteiger partial charge in [-0.3, -0.25) is 9.55 Å². The fourth-order valence-electron chi connectivity index (χ4n) is 5.64. The van der Waals surface area contributed by atoms with Crippen LogP contribution in [-0.2, 0) is 0 Å². The van der Waals surface area contributed by atoms with Gasteiger partial charge < -0.3 is 4.57 Å². The third-order valence-corrected chi connectivity index (χ3v) is 6.99. The molecule has 0 aliphatic rings. The average molecular weight is 463 g/mol. The Morgan fingerprint density at radius 2 is 1.22 bits per heavy atom. The van der Waals surface area contributed by atoms with Crippen molar-refractivity contribution in [3.8, 4) is 11.5 Å². The van der Waals surface area contributed by atoms with Gasteiger partial charge in [-0.15, -0.1) is 0 Å². The number of para-hydroxylation sites is 3. The van der Waals surface area contributed by atoms with Crippen LogP contribution < -0.4 is 0 Å². The second-order valence-corrected chi connectivity index (χ2v) is 8.84. The van der Waals surface area contributed by atoms with E-state index in [9.17, 15) is 0 Å². The lowest BCUT2D eigenvalue weighted by atomic mass is 10.0. The topological polar surface area (TPSA) is 61.4 Å². The monoisotopic (exact) mass is 462 g/mol.